The van der Waals surface area contributed by atoms with Crippen molar-refractivity contribution in [1.29, 1.82) is 0 Å². The molecule has 25 heavy (non-hydrogen) atoms. The first kappa shape index (κ1) is 16.1. The van der Waals surface area contributed by atoms with E-state index in [1.54, 1.807) is 6.20 Å². The highest BCUT2D eigenvalue weighted by molar-refractivity contribution is 7.19. The van der Waals surface area contributed by atoms with Crippen LogP contribution in [0.4, 0.5) is 5.13 Å². The number of rotatable bonds is 3. The quantitative estimate of drug-likeness (QED) is 0.780. The lowest BCUT2D eigenvalue weighted by atomic mass is 10.00. The number of ether oxygens (including phenoxy) is 1. The van der Waals surface area contributed by atoms with E-state index in [1.165, 1.54) is 11.3 Å². The fraction of sp³-hybridized carbons (Fsp3) is 0.333. The van der Waals surface area contributed by atoms with Crippen LogP contribution in [-0.4, -0.2) is 34.1 Å². The highest BCUT2D eigenvalue weighted by atomic mass is 32.1. The topological polar surface area (TPSA) is 77.0 Å². The number of aromatic nitrogens is 3. The number of carbonyl (C=O) groups excluding carboxylic acids is 1. The van der Waals surface area contributed by atoms with Crippen LogP contribution in [0.25, 0.3) is 21.3 Å². The van der Waals surface area contributed by atoms with Crippen molar-refractivity contribution in [2.45, 2.75) is 19.8 Å². The van der Waals surface area contributed by atoms with Gasteiger partial charge in [0.05, 0.1) is 10.4 Å². The number of nitrogens with one attached hydrogen (secondary N) is 1. The Balaban J connectivity index is 1.53. The van der Waals surface area contributed by atoms with Gasteiger partial charge in [-0.1, -0.05) is 23.5 Å². The Morgan fingerprint density at radius 2 is 2.08 bits per heavy atom. The largest absolute Gasteiger partial charge is 0.381 e. The Kier molecular flexibility index (Phi) is 4.42. The van der Waals surface area contributed by atoms with Crippen LogP contribution in [0, 0.1) is 12.8 Å². The molecule has 128 valence electrons. The SMILES string of the molecule is Cc1ncc2ccc(-c3cnc(NC(=O)C4CCOCC4)s3)cc2n1. The first-order chi connectivity index (χ1) is 12.2. The van der Waals surface area contributed by atoms with Gasteiger partial charge in [-0.25, -0.2) is 15.0 Å². The summed E-state index contributed by atoms with van der Waals surface area (Å²) < 4.78 is 5.30. The van der Waals surface area contributed by atoms with Gasteiger partial charge in [0, 0.05) is 36.9 Å². The Bertz CT molecular complexity index is 918. The number of nitrogens with zero attached hydrogens (tertiary/aromatic N) is 3. The van der Waals surface area contributed by atoms with Gasteiger partial charge in [-0.2, -0.15) is 0 Å². The van der Waals surface area contributed by atoms with E-state index in [-0.39, 0.29) is 11.8 Å². The van der Waals surface area contributed by atoms with Crippen LogP contribution in [-0.2, 0) is 9.53 Å². The summed E-state index contributed by atoms with van der Waals surface area (Å²) in [7, 11) is 0. The molecule has 4 rings (SSSR count). The monoisotopic (exact) mass is 354 g/mol. The lowest BCUT2D eigenvalue weighted by Crippen LogP contribution is -2.28. The number of carbonyl (C=O) groups is 1. The number of hydrogen-bond donors (Lipinski definition) is 1. The molecule has 0 atom stereocenters. The number of amides is 1. The fourth-order valence-electron chi connectivity index (χ4n) is 2.90. The normalized spacial score (nSPS) is 15.4. The van der Waals surface area contributed by atoms with E-state index in [0.717, 1.165) is 40.0 Å². The number of hydrogen-bond acceptors (Lipinski definition) is 6. The summed E-state index contributed by atoms with van der Waals surface area (Å²) in [6, 6.07) is 6.06. The minimum Gasteiger partial charge on any atom is -0.381 e. The summed E-state index contributed by atoms with van der Waals surface area (Å²) in [5.74, 6) is 0.797. The Morgan fingerprint density at radius 3 is 2.92 bits per heavy atom. The molecule has 1 N–H and O–H groups in total. The number of benzene rings is 1. The van der Waals surface area contributed by atoms with E-state index in [2.05, 4.69) is 20.3 Å². The number of anilines is 1. The van der Waals surface area contributed by atoms with Gasteiger partial charge < -0.3 is 10.1 Å². The molecule has 1 fully saturated rings. The molecule has 1 saturated heterocycles. The molecule has 1 aliphatic heterocycles. The predicted molar refractivity (Wildman–Crippen MR) is 97.6 cm³/mol. The van der Waals surface area contributed by atoms with E-state index < -0.39 is 0 Å². The van der Waals surface area contributed by atoms with Gasteiger partial charge in [0.15, 0.2) is 5.13 Å². The standard InChI is InChI=1S/C18H18N4O2S/c1-11-19-9-14-3-2-13(8-15(14)21-11)16-10-20-18(25-16)22-17(23)12-4-6-24-7-5-12/h2-3,8-10,12H,4-7H2,1H3,(H,20,22,23). The molecule has 0 radical (unpaired) electrons. The second-order valence-corrected chi connectivity index (χ2v) is 7.13. The zero-order valence-electron chi connectivity index (χ0n) is 13.9. The third-order valence-corrected chi connectivity index (χ3v) is 5.28. The van der Waals surface area contributed by atoms with Crippen LogP contribution in [0.5, 0.6) is 0 Å². The molecule has 1 amide bonds. The van der Waals surface area contributed by atoms with E-state index in [0.29, 0.717) is 18.3 Å². The van der Waals surface area contributed by atoms with Crippen molar-refractivity contribution < 1.29 is 9.53 Å². The van der Waals surface area contributed by atoms with E-state index in [1.807, 2.05) is 31.3 Å². The minimum atomic E-state index is 0.0152. The lowest BCUT2D eigenvalue weighted by molar-refractivity contribution is -0.122. The summed E-state index contributed by atoms with van der Waals surface area (Å²) in [6.45, 7) is 3.18. The molecule has 3 aromatic rings. The molecular weight excluding hydrogens is 336 g/mol. The molecule has 0 aliphatic carbocycles. The fourth-order valence-corrected chi connectivity index (χ4v) is 3.72. The summed E-state index contributed by atoms with van der Waals surface area (Å²) in [4.78, 5) is 26.3. The molecule has 7 heteroatoms. The summed E-state index contributed by atoms with van der Waals surface area (Å²) in [6.07, 6.45) is 5.16. The third-order valence-electron chi connectivity index (χ3n) is 4.32. The van der Waals surface area contributed by atoms with Gasteiger partial charge in [0.1, 0.15) is 5.82 Å². The van der Waals surface area contributed by atoms with Crippen LogP contribution >= 0.6 is 11.3 Å². The first-order valence-corrected chi connectivity index (χ1v) is 9.09. The van der Waals surface area contributed by atoms with Gasteiger partial charge in [-0.3, -0.25) is 4.79 Å². The zero-order chi connectivity index (χ0) is 17.2. The molecule has 0 spiro atoms. The van der Waals surface area contributed by atoms with Crippen LogP contribution in [0.1, 0.15) is 18.7 Å². The van der Waals surface area contributed by atoms with Crippen molar-refractivity contribution in [3.63, 3.8) is 0 Å². The van der Waals surface area contributed by atoms with Crippen molar-refractivity contribution in [2.75, 3.05) is 18.5 Å². The maximum Gasteiger partial charge on any atom is 0.229 e. The predicted octanol–water partition coefficient (Wildman–Crippen LogP) is 3.43. The Hall–Kier alpha value is -2.38. The lowest BCUT2D eigenvalue weighted by Gasteiger charge is -2.20. The van der Waals surface area contributed by atoms with Crippen LogP contribution in [0.3, 0.4) is 0 Å². The average Bonchev–Trinajstić information content (AvgIpc) is 3.10. The van der Waals surface area contributed by atoms with E-state index in [4.69, 9.17) is 4.74 Å². The van der Waals surface area contributed by atoms with Crippen LogP contribution < -0.4 is 5.32 Å². The molecule has 0 saturated carbocycles. The average molecular weight is 354 g/mol. The van der Waals surface area contributed by atoms with Crippen LogP contribution in [0.2, 0.25) is 0 Å². The molecule has 0 unspecified atom stereocenters. The number of thiazole rings is 1. The smallest absolute Gasteiger partial charge is 0.229 e. The number of aryl methyl sites for hydroxylation is 1. The van der Waals surface area contributed by atoms with Crippen molar-refractivity contribution in [2.24, 2.45) is 5.92 Å². The molecule has 0 bridgehead atoms. The van der Waals surface area contributed by atoms with E-state index in [9.17, 15) is 4.79 Å². The summed E-state index contributed by atoms with van der Waals surface area (Å²) in [5, 5.41) is 4.57. The zero-order valence-corrected chi connectivity index (χ0v) is 14.7. The summed E-state index contributed by atoms with van der Waals surface area (Å²) in [5.41, 5.74) is 1.95. The highest BCUT2D eigenvalue weighted by Gasteiger charge is 2.22. The van der Waals surface area contributed by atoms with Gasteiger partial charge in [-0.05, 0) is 31.4 Å². The summed E-state index contributed by atoms with van der Waals surface area (Å²) >= 11 is 1.47. The number of fused-ring (bicyclic) bond motifs is 1. The minimum absolute atomic E-state index is 0.0152. The van der Waals surface area contributed by atoms with Gasteiger partial charge >= 0.3 is 0 Å². The van der Waals surface area contributed by atoms with Gasteiger partial charge in [0.2, 0.25) is 5.91 Å². The molecule has 1 aromatic carbocycles. The van der Waals surface area contributed by atoms with Gasteiger partial charge in [0.25, 0.3) is 0 Å². The molecular formula is C18H18N4O2S. The molecule has 3 heterocycles. The van der Waals surface area contributed by atoms with Crippen molar-refractivity contribution in [3.05, 3.63) is 36.4 Å². The van der Waals surface area contributed by atoms with E-state index >= 15 is 0 Å². The Labute approximate surface area is 149 Å². The second kappa shape index (κ2) is 6.85. The van der Waals surface area contributed by atoms with Crippen molar-refractivity contribution >= 4 is 33.3 Å². The van der Waals surface area contributed by atoms with Crippen LogP contribution in [0.15, 0.2) is 30.6 Å². The maximum atomic E-state index is 12.3. The first-order valence-electron chi connectivity index (χ1n) is 8.27. The third kappa shape index (κ3) is 3.52. The molecule has 6 nitrogen and oxygen atoms in total. The highest BCUT2D eigenvalue weighted by Crippen LogP contribution is 2.31. The maximum absolute atomic E-state index is 12.3. The van der Waals surface area contributed by atoms with Gasteiger partial charge in [-0.15, -0.1) is 0 Å². The molecule has 2 aromatic heterocycles. The Morgan fingerprint density at radius 1 is 1.24 bits per heavy atom. The van der Waals surface area contributed by atoms with Crippen molar-refractivity contribution in [3.8, 4) is 10.4 Å². The van der Waals surface area contributed by atoms with Crippen molar-refractivity contribution in [1.82, 2.24) is 15.0 Å². The second-order valence-electron chi connectivity index (χ2n) is 6.10. The molecule has 1 aliphatic rings.